The minimum absolute atomic E-state index is 0.140. The Morgan fingerprint density at radius 2 is 0.959 bits per heavy atom. The molecular weight excluding hydrogens is 624 g/mol. The van der Waals surface area contributed by atoms with Crippen LogP contribution in [-0.2, 0) is 0 Å². The van der Waals surface area contributed by atoms with E-state index in [1.165, 1.54) is 43.4 Å². The molecule has 240 valence electrons. The molecule has 5 aromatic carbocycles. The molecule has 49 heavy (non-hydrogen) atoms. The summed E-state index contributed by atoms with van der Waals surface area (Å²) >= 11 is 0. The zero-order valence-corrected chi connectivity index (χ0v) is 26.1. The zero-order chi connectivity index (χ0) is 34.4. The van der Waals surface area contributed by atoms with Gasteiger partial charge in [-0.2, -0.15) is 0 Å². The van der Waals surface area contributed by atoms with Crippen LogP contribution in [0.15, 0.2) is 109 Å². The van der Waals surface area contributed by atoms with Crippen molar-refractivity contribution in [3.05, 3.63) is 148 Å². The molecule has 0 fully saturated rings. The van der Waals surface area contributed by atoms with E-state index in [1.54, 1.807) is 60.7 Å². The number of ether oxygens (including phenoxy) is 1. The van der Waals surface area contributed by atoms with Crippen molar-refractivity contribution in [3.8, 4) is 11.5 Å². The van der Waals surface area contributed by atoms with Gasteiger partial charge in [0.25, 0.3) is 35.4 Å². The van der Waals surface area contributed by atoms with Gasteiger partial charge in [0.05, 0.1) is 27.9 Å². The SMILES string of the molecule is Cc1ccc(NC(=O)c2ccc3c(c2)C(=O)N(c2ccc(Oc4ccc(NC(=O)c5ccc6c(c5)C(=O)N(C)C6=O)cc4)cc2)C3=O)cc1. The lowest BCUT2D eigenvalue weighted by Gasteiger charge is -2.14. The largest absolute Gasteiger partial charge is 0.457 e. The fourth-order valence-electron chi connectivity index (χ4n) is 5.57. The summed E-state index contributed by atoms with van der Waals surface area (Å²) in [4.78, 5) is 78.6. The number of fused-ring (bicyclic) bond motifs is 2. The molecule has 0 unspecified atom stereocenters. The Labute approximate surface area is 279 Å². The van der Waals surface area contributed by atoms with Gasteiger partial charge in [-0.25, -0.2) is 4.90 Å². The van der Waals surface area contributed by atoms with Crippen LogP contribution in [0.4, 0.5) is 17.1 Å². The number of benzene rings is 5. The van der Waals surface area contributed by atoms with Crippen molar-refractivity contribution in [3.63, 3.8) is 0 Å². The number of nitrogens with zero attached hydrogens (tertiary/aromatic N) is 2. The lowest BCUT2D eigenvalue weighted by Crippen LogP contribution is -2.29. The first kappa shape index (κ1) is 30.8. The first-order valence-electron chi connectivity index (χ1n) is 15.1. The molecular formula is C38H26N4O7. The second kappa shape index (κ2) is 12.0. The van der Waals surface area contributed by atoms with Gasteiger partial charge in [-0.15, -0.1) is 0 Å². The van der Waals surface area contributed by atoms with E-state index in [4.69, 9.17) is 4.74 Å². The predicted molar refractivity (Wildman–Crippen MR) is 180 cm³/mol. The van der Waals surface area contributed by atoms with Crippen molar-refractivity contribution in [1.82, 2.24) is 4.90 Å². The Morgan fingerprint density at radius 3 is 1.51 bits per heavy atom. The van der Waals surface area contributed by atoms with Gasteiger partial charge in [0.1, 0.15) is 11.5 Å². The van der Waals surface area contributed by atoms with Crippen LogP contribution in [0.2, 0.25) is 0 Å². The number of rotatable bonds is 7. The third kappa shape index (κ3) is 5.69. The molecule has 2 aliphatic rings. The summed E-state index contributed by atoms with van der Waals surface area (Å²) in [6.45, 7) is 1.94. The van der Waals surface area contributed by atoms with Gasteiger partial charge in [0, 0.05) is 29.5 Å². The lowest BCUT2D eigenvalue weighted by molar-refractivity contribution is 0.0691. The van der Waals surface area contributed by atoms with Gasteiger partial charge in [-0.1, -0.05) is 17.7 Å². The first-order chi connectivity index (χ1) is 23.6. The first-order valence-corrected chi connectivity index (χ1v) is 15.1. The molecule has 6 amide bonds. The molecule has 0 radical (unpaired) electrons. The highest BCUT2D eigenvalue weighted by atomic mass is 16.5. The predicted octanol–water partition coefficient (Wildman–Crippen LogP) is 6.32. The molecule has 0 bridgehead atoms. The molecule has 0 aliphatic carbocycles. The number of amides is 6. The summed E-state index contributed by atoms with van der Waals surface area (Å²) < 4.78 is 5.92. The number of hydrogen-bond acceptors (Lipinski definition) is 7. The van der Waals surface area contributed by atoms with Crippen LogP contribution < -0.4 is 20.3 Å². The summed E-state index contributed by atoms with van der Waals surface area (Å²) in [5.41, 5.74) is 3.77. The molecule has 5 aromatic rings. The van der Waals surface area contributed by atoms with Crippen LogP contribution >= 0.6 is 0 Å². The summed E-state index contributed by atoms with van der Waals surface area (Å²) in [5.74, 6) is -1.84. The zero-order valence-electron chi connectivity index (χ0n) is 26.1. The highest BCUT2D eigenvalue weighted by Gasteiger charge is 2.37. The van der Waals surface area contributed by atoms with E-state index in [0.29, 0.717) is 28.6 Å². The van der Waals surface area contributed by atoms with E-state index < -0.39 is 35.4 Å². The van der Waals surface area contributed by atoms with Gasteiger partial charge in [0.2, 0.25) is 0 Å². The quantitative estimate of drug-likeness (QED) is 0.196. The van der Waals surface area contributed by atoms with Gasteiger partial charge < -0.3 is 15.4 Å². The summed E-state index contributed by atoms with van der Waals surface area (Å²) in [7, 11) is 1.39. The second-order valence-corrected chi connectivity index (χ2v) is 11.5. The van der Waals surface area contributed by atoms with Crippen LogP contribution in [0, 0.1) is 6.92 Å². The van der Waals surface area contributed by atoms with Crippen LogP contribution in [0.5, 0.6) is 11.5 Å². The number of aryl methyl sites for hydroxylation is 1. The number of carbonyl (C=O) groups excluding carboxylic acids is 6. The number of nitrogens with one attached hydrogen (secondary N) is 2. The van der Waals surface area contributed by atoms with Crippen LogP contribution in [0.1, 0.15) is 67.7 Å². The smallest absolute Gasteiger partial charge is 0.266 e. The van der Waals surface area contributed by atoms with E-state index in [1.807, 2.05) is 19.1 Å². The third-order valence-corrected chi connectivity index (χ3v) is 8.25. The van der Waals surface area contributed by atoms with Gasteiger partial charge in [0.15, 0.2) is 0 Å². The maximum Gasteiger partial charge on any atom is 0.266 e. The fraction of sp³-hybridized carbons (Fsp3) is 0.0526. The Bertz CT molecular complexity index is 2230. The maximum absolute atomic E-state index is 13.3. The molecule has 0 spiro atoms. The summed E-state index contributed by atoms with van der Waals surface area (Å²) in [6, 6.07) is 29.1. The molecule has 7 rings (SSSR count). The minimum atomic E-state index is -0.538. The van der Waals surface area contributed by atoms with E-state index in [9.17, 15) is 28.8 Å². The van der Waals surface area contributed by atoms with Crippen molar-refractivity contribution < 1.29 is 33.5 Å². The van der Waals surface area contributed by atoms with E-state index in [0.717, 1.165) is 15.4 Å². The van der Waals surface area contributed by atoms with Crippen molar-refractivity contribution in [1.29, 1.82) is 0 Å². The highest BCUT2D eigenvalue weighted by molar-refractivity contribution is 6.35. The molecule has 2 N–H and O–H groups in total. The number of anilines is 3. The molecule has 2 aliphatic heterocycles. The molecule has 2 heterocycles. The Hall–Kier alpha value is -6.88. The standard InChI is InChI=1S/C38H26N4O7/c1-21-3-7-24(8-4-21)39-34(44)23-6-18-30-32(20-23)38(48)42(37(30)47)26-11-15-28(16-12-26)49-27-13-9-25(10-14-27)40-33(43)22-5-17-29-31(19-22)36(46)41(2)35(29)45/h3-20H,1-2H3,(H,39,44)(H,40,43). The Balaban J connectivity index is 0.987. The van der Waals surface area contributed by atoms with Crippen molar-refractivity contribution in [2.45, 2.75) is 6.92 Å². The van der Waals surface area contributed by atoms with Crippen molar-refractivity contribution >= 4 is 52.5 Å². The van der Waals surface area contributed by atoms with E-state index >= 15 is 0 Å². The Morgan fingerprint density at radius 1 is 0.531 bits per heavy atom. The minimum Gasteiger partial charge on any atom is -0.457 e. The molecule has 11 nitrogen and oxygen atoms in total. The normalized spacial score (nSPS) is 13.3. The molecule has 0 saturated heterocycles. The topological polar surface area (TPSA) is 142 Å². The monoisotopic (exact) mass is 650 g/mol. The average molecular weight is 651 g/mol. The summed E-state index contributed by atoms with van der Waals surface area (Å²) in [6.07, 6.45) is 0. The molecule has 0 saturated carbocycles. The van der Waals surface area contributed by atoms with Gasteiger partial charge in [-0.3, -0.25) is 33.7 Å². The third-order valence-electron chi connectivity index (χ3n) is 8.25. The van der Waals surface area contributed by atoms with Gasteiger partial charge in [-0.05, 0) is 104 Å². The maximum atomic E-state index is 13.3. The lowest BCUT2D eigenvalue weighted by atomic mass is 10.1. The molecule has 11 heteroatoms. The van der Waals surface area contributed by atoms with Crippen molar-refractivity contribution in [2.24, 2.45) is 0 Å². The second-order valence-electron chi connectivity index (χ2n) is 11.5. The van der Waals surface area contributed by atoms with Crippen LogP contribution in [0.25, 0.3) is 0 Å². The van der Waals surface area contributed by atoms with E-state index in [-0.39, 0.29) is 33.4 Å². The number of carbonyl (C=O) groups is 6. The molecule has 0 atom stereocenters. The average Bonchev–Trinajstić information content (AvgIpc) is 3.49. The fourth-order valence-corrected chi connectivity index (χ4v) is 5.57. The number of imide groups is 2. The van der Waals surface area contributed by atoms with Crippen LogP contribution in [0.3, 0.4) is 0 Å². The number of hydrogen-bond donors (Lipinski definition) is 2. The van der Waals surface area contributed by atoms with E-state index in [2.05, 4.69) is 10.6 Å². The Kier molecular flexibility index (Phi) is 7.56. The molecule has 0 aromatic heterocycles. The van der Waals surface area contributed by atoms with Gasteiger partial charge >= 0.3 is 0 Å². The van der Waals surface area contributed by atoms with Crippen molar-refractivity contribution in [2.75, 3.05) is 22.6 Å². The summed E-state index contributed by atoms with van der Waals surface area (Å²) in [5, 5.41) is 5.56. The highest BCUT2D eigenvalue weighted by Crippen LogP contribution is 2.32. The van der Waals surface area contributed by atoms with Crippen LogP contribution in [-0.4, -0.2) is 47.4 Å².